The molecule has 2 saturated heterocycles. The van der Waals surface area contributed by atoms with Crippen LogP contribution in [0, 0.1) is 11.8 Å². The molecule has 29 heavy (non-hydrogen) atoms. The molecule has 3 aliphatic rings. The highest BCUT2D eigenvalue weighted by Crippen LogP contribution is 2.27. The average Bonchev–Trinajstić information content (AvgIpc) is 2.79. The van der Waals surface area contributed by atoms with Crippen molar-refractivity contribution in [2.45, 2.75) is 70.4 Å². The molecule has 1 aromatic rings. The van der Waals surface area contributed by atoms with Crippen molar-refractivity contribution in [2.75, 3.05) is 32.7 Å². The first kappa shape index (κ1) is 20.8. The van der Waals surface area contributed by atoms with Gasteiger partial charge in [0, 0.05) is 25.3 Å². The summed E-state index contributed by atoms with van der Waals surface area (Å²) in [5, 5.41) is 3.11. The third-order valence-electron chi connectivity index (χ3n) is 7.31. The van der Waals surface area contributed by atoms with E-state index in [9.17, 15) is 4.79 Å². The first-order valence-corrected chi connectivity index (χ1v) is 11.9. The SMILES string of the molecule is O=C(NCc1ccccn1)C1CCCN(C2CCN(CC3CCCCC3)CC2)C1. The Bertz CT molecular complexity index is 623. The van der Waals surface area contributed by atoms with Gasteiger partial charge in [-0.1, -0.05) is 25.3 Å². The maximum atomic E-state index is 12.7. The number of carbonyl (C=O) groups is 1. The van der Waals surface area contributed by atoms with E-state index in [0.717, 1.165) is 37.5 Å². The van der Waals surface area contributed by atoms with Gasteiger partial charge in [-0.25, -0.2) is 0 Å². The molecule has 0 aromatic carbocycles. The molecule has 1 aromatic heterocycles. The molecule has 3 fully saturated rings. The van der Waals surface area contributed by atoms with Crippen LogP contribution in [0.2, 0.25) is 0 Å². The topological polar surface area (TPSA) is 48.5 Å². The van der Waals surface area contributed by atoms with Gasteiger partial charge in [0.15, 0.2) is 0 Å². The highest BCUT2D eigenvalue weighted by molar-refractivity contribution is 5.78. The van der Waals surface area contributed by atoms with Gasteiger partial charge in [-0.15, -0.1) is 0 Å². The van der Waals surface area contributed by atoms with Crippen molar-refractivity contribution in [1.82, 2.24) is 20.1 Å². The smallest absolute Gasteiger partial charge is 0.224 e. The molecule has 4 rings (SSSR count). The summed E-state index contributed by atoms with van der Waals surface area (Å²) in [4.78, 5) is 22.3. The van der Waals surface area contributed by atoms with Crippen LogP contribution in [0.25, 0.3) is 0 Å². The molecule has 2 aliphatic heterocycles. The minimum atomic E-state index is 0.132. The van der Waals surface area contributed by atoms with Gasteiger partial charge in [-0.3, -0.25) is 14.7 Å². The van der Waals surface area contributed by atoms with Crippen LogP contribution in [0.4, 0.5) is 0 Å². The second kappa shape index (κ2) is 10.5. The highest BCUT2D eigenvalue weighted by atomic mass is 16.1. The van der Waals surface area contributed by atoms with Crippen molar-refractivity contribution < 1.29 is 4.79 Å². The molecule has 0 radical (unpaired) electrons. The largest absolute Gasteiger partial charge is 0.350 e. The molecule has 1 aliphatic carbocycles. The predicted octanol–water partition coefficient (Wildman–Crippen LogP) is 3.45. The van der Waals surface area contributed by atoms with E-state index in [1.165, 1.54) is 64.6 Å². The van der Waals surface area contributed by atoms with E-state index in [-0.39, 0.29) is 11.8 Å². The lowest BCUT2D eigenvalue weighted by Gasteiger charge is -2.42. The van der Waals surface area contributed by atoms with Crippen molar-refractivity contribution in [2.24, 2.45) is 11.8 Å². The van der Waals surface area contributed by atoms with Crippen LogP contribution in [0.3, 0.4) is 0 Å². The number of hydrogen-bond donors (Lipinski definition) is 1. The van der Waals surface area contributed by atoms with Crippen molar-refractivity contribution in [3.63, 3.8) is 0 Å². The summed E-state index contributed by atoms with van der Waals surface area (Å²) in [7, 11) is 0. The number of nitrogens with zero attached hydrogens (tertiary/aromatic N) is 3. The van der Waals surface area contributed by atoms with Crippen LogP contribution in [-0.4, -0.2) is 59.5 Å². The number of hydrogen-bond acceptors (Lipinski definition) is 4. The molecular weight excluding hydrogens is 360 g/mol. The van der Waals surface area contributed by atoms with Gasteiger partial charge in [-0.05, 0) is 76.2 Å². The van der Waals surface area contributed by atoms with Crippen LogP contribution >= 0.6 is 0 Å². The van der Waals surface area contributed by atoms with Gasteiger partial charge in [0.05, 0.1) is 18.2 Å². The third-order valence-corrected chi connectivity index (χ3v) is 7.31. The Morgan fingerprint density at radius 3 is 2.59 bits per heavy atom. The molecule has 1 amide bonds. The Balaban J connectivity index is 1.20. The number of carbonyl (C=O) groups excluding carboxylic acids is 1. The van der Waals surface area contributed by atoms with Gasteiger partial charge in [0.1, 0.15) is 0 Å². The fourth-order valence-electron chi connectivity index (χ4n) is 5.58. The summed E-state index contributed by atoms with van der Waals surface area (Å²) in [5.74, 6) is 1.28. The van der Waals surface area contributed by atoms with E-state index in [0.29, 0.717) is 12.6 Å². The fourth-order valence-corrected chi connectivity index (χ4v) is 5.58. The molecule has 1 atom stereocenters. The number of aromatic nitrogens is 1. The Kier molecular flexibility index (Phi) is 7.55. The Morgan fingerprint density at radius 1 is 1.00 bits per heavy atom. The Hall–Kier alpha value is -1.46. The van der Waals surface area contributed by atoms with E-state index in [4.69, 9.17) is 0 Å². The quantitative estimate of drug-likeness (QED) is 0.797. The second-order valence-corrected chi connectivity index (χ2v) is 9.41. The van der Waals surface area contributed by atoms with Gasteiger partial charge in [-0.2, -0.15) is 0 Å². The van der Waals surface area contributed by atoms with E-state index in [1.54, 1.807) is 6.20 Å². The second-order valence-electron chi connectivity index (χ2n) is 9.41. The molecule has 5 nitrogen and oxygen atoms in total. The fraction of sp³-hybridized carbons (Fsp3) is 0.750. The van der Waals surface area contributed by atoms with Gasteiger partial charge in [0.25, 0.3) is 0 Å². The zero-order chi connectivity index (χ0) is 19.9. The number of rotatable bonds is 6. The molecule has 1 N–H and O–H groups in total. The lowest BCUT2D eigenvalue weighted by Crippen LogP contribution is -2.51. The third kappa shape index (κ3) is 6.02. The minimum Gasteiger partial charge on any atom is -0.350 e. The highest BCUT2D eigenvalue weighted by Gasteiger charge is 2.32. The number of pyridine rings is 1. The van der Waals surface area contributed by atoms with Crippen molar-refractivity contribution in [3.05, 3.63) is 30.1 Å². The number of piperidine rings is 2. The summed E-state index contributed by atoms with van der Waals surface area (Å²) in [5.41, 5.74) is 0.929. The monoisotopic (exact) mass is 398 g/mol. The summed E-state index contributed by atoms with van der Waals surface area (Å²) in [6.07, 6.45) is 13.7. The molecule has 5 heteroatoms. The van der Waals surface area contributed by atoms with E-state index in [2.05, 4.69) is 20.1 Å². The molecular formula is C24H38N4O. The molecule has 0 spiro atoms. The molecule has 0 bridgehead atoms. The van der Waals surface area contributed by atoms with Gasteiger partial charge >= 0.3 is 0 Å². The van der Waals surface area contributed by atoms with Crippen LogP contribution in [0.15, 0.2) is 24.4 Å². The van der Waals surface area contributed by atoms with Crippen LogP contribution in [-0.2, 0) is 11.3 Å². The van der Waals surface area contributed by atoms with Crippen molar-refractivity contribution in [1.29, 1.82) is 0 Å². The first-order valence-electron chi connectivity index (χ1n) is 11.9. The standard InChI is InChI=1S/C24H38N4O/c29-24(26-17-22-10-4-5-13-25-22)21-9-6-14-28(19-21)23-11-15-27(16-12-23)18-20-7-2-1-3-8-20/h4-5,10,13,20-21,23H,1-3,6-9,11-12,14-19H2,(H,26,29). The Morgan fingerprint density at radius 2 is 1.83 bits per heavy atom. The lowest BCUT2D eigenvalue weighted by atomic mass is 9.88. The number of nitrogens with one attached hydrogen (secondary N) is 1. The van der Waals surface area contributed by atoms with Crippen LogP contribution in [0.1, 0.15) is 63.5 Å². The maximum Gasteiger partial charge on any atom is 0.224 e. The zero-order valence-electron chi connectivity index (χ0n) is 17.9. The minimum absolute atomic E-state index is 0.132. The zero-order valence-corrected chi connectivity index (χ0v) is 17.9. The summed E-state index contributed by atoms with van der Waals surface area (Å²) >= 11 is 0. The van der Waals surface area contributed by atoms with Crippen molar-refractivity contribution in [3.8, 4) is 0 Å². The van der Waals surface area contributed by atoms with Crippen LogP contribution < -0.4 is 5.32 Å². The number of likely N-dealkylation sites (tertiary alicyclic amines) is 2. The Labute approximate surface area is 176 Å². The van der Waals surface area contributed by atoms with Crippen molar-refractivity contribution >= 4 is 5.91 Å². The van der Waals surface area contributed by atoms with E-state index in [1.807, 2.05) is 18.2 Å². The van der Waals surface area contributed by atoms with Gasteiger partial charge < -0.3 is 10.2 Å². The lowest BCUT2D eigenvalue weighted by molar-refractivity contribution is -0.127. The molecule has 1 unspecified atom stereocenters. The van der Waals surface area contributed by atoms with E-state index < -0.39 is 0 Å². The molecule has 160 valence electrons. The summed E-state index contributed by atoms with van der Waals surface area (Å²) in [6, 6.07) is 6.51. The normalized spacial score (nSPS) is 25.7. The van der Waals surface area contributed by atoms with Gasteiger partial charge in [0.2, 0.25) is 5.91 Å². The first-order chi connectivity index (χ1) is 14.3. The summed E-state index contributed by atoms with van der Waals surface area (Å²) in [6.45, 7) is 6.45. The predicted molar refractivity (Wildman–Crippen MR) is 116 cm³/mol. The van der Waals surface area contributed by atoms with E-state index >= 15 is 0 Å². The number of amides is 1. The molecule has 1 saturated carbocycles. The molecule has 3 heterocycles. The maximum absolute atomic E-state index is 12.7. The van der Waals surface area contributed by atoms with Crippen LogP contribution in [0.5, 0.6) is 0 Å². The average molecular weight is 399 g/mol. The summed E-state index contributed by atoms with van der Waals surface area (Å²) < 4.78 is 0.